The second kappa shape index (κ2) is 19.6. The van der Waals surface area contributed by atoms with E-state index in [4.69, 9.17) is 46.7 Å². The van der Waals surface area contributed by atoms with Gasteiger partial charge in [-0.3, -0.25) is 14.4 Å². The van der Waals surface area contributed by atoms with Gasteiger partial charge in [-0.2, -0.15) is 0 Å². The number of aliphatic hydroxyl groups excluding tert-OH is 2. The second-order valence-electron chi connectivity index (χ2n) is 10.5. The number of alkyl halides is 2. The lowest BCUT2D eigenvalue weighted by molar-refractivity contribution is 0.399. The largest absolute Gasteiger partial charge is 0.457 e. The van der Waals surface area contributed by atoms with Crippen LogP contribution >= 0.6 is 23.2 Å². The molecule has 16 aromatic rings. The molecule has 0 radical (unpaired) electrons. The van der Waals surface area contributed by atoms with Crippen LogP contribution in [-0.2, 0) is 0 Å². The first kappa shape index (κ1) is 39.0. The Hall–Kier alpha value is -5.77. The molecule has 10 heterocycles. The molecule has 8 nitrogen and oxygen atoms in total. The molecule has 0 fully saturated rings. The third-order valence-corrected chi connectivity index (χ3v) is 7.41. The molecular formula is C42H34Cl2O8. The molecule has 0 aliphatic rings. The predicted octanol–water partition coefficient (Wildman–Crippen LogP) is 9.48. The second-order valence-corrected chi connectivity index (χ2v) is 11.3. The summed E-state index contributed by atoms with van der Waals surface area (Å²) in [7, 11) is 2.00. The van der Waals surface area contributed by atoms with E-state index >= 15 is 0 Å². The van der Waals surface area contributed by atoms with Gasteiger partial charge in [0.1, 0.15) is 33.5 Å². The van der Waals surface area contributed by atoms with Gasteiger partial charge in [-0.25, -0.2) is 0 Å². The molecule has 10 aromatic heterocycles. The number of halogens is 2. The summed E-state index contributed by atoms with van der Waals surface area (Å²) in [5.41, 5.74) is 2.97. The minimum atomic E-state index is -0.133. The van der Waals surface area contributed by atoms with E-state index in [0.29, 0.717) is 65.8 Å². The van der Waals surface area contributed by atoms with Crippen molar-refractivity contribution < 1.29 is 23.5 Å². The molecule has 0 atom stereocenters. The highest BCUT2D eigenvalue weighted by molar-refractivity contribution is 6.40. The average molecular weight is 738 g/mol. The lowest BCUT2D eigenvalue weighted by Crippen LogP contribution is -1.97. The molecule has 52 heavy (non-hydrogen) atoms. The molecule has 0 aliphatic carbocycles. The van der Waals surface area contributed by atoms with E-state index < -0.39 is 0 Å². The van der Waals surface area contributed by atoms with Crippen molar-refractivity contribution in [2.24, 2.45) is 0 Å². The van der Waals surface area contributed by atoms with Gasteiger partial charge in [0.15, 0.2) is 16.3 Å². The maximum absolute atomic E-state index is 13.1. The zero-order chi connectivity index (χ0) is 37.5. The Morgan fingerprint density at radius 1 is 0.327 bits per heavy atom. The quantitative estimate of drug-likeness (QED) is 0.147. The minimum absolute atomic E-state index is 0.133. The first-order chi connectivity index (χ1) is 25.4. The molecule has 0 saturated heterocycles. The zero-order valence-corrected chi connectivity index (χ0v) is 29.7. The summed E-state index contributed by atoms with van der Waals surface area (Å²) in [6, 6.07) is 41.3. The standard InChI is InChI=1S/C39H24O6.CH2Cl2.2CH4O/c40-37-25-1-13-31(14-2-25)43-32-17-5-27(6-18-32)38(41)28-9-21-35(22-10-28)45-36-23-11-30(12-24-36)39(42)29-7-19-34(20-8-29)44-33-15-3-26(37)4-16-33;2-1-3;2*1-2/h1-24H;1H2;2*2H,1H3. The van der Waals surface area contributed by atoms with Crippen LogP contribution in [0.2, 0.25) is 0 Å². The summed E-state index contributed by atoms with van der Waals surface area (Å²) in [5.74, 6) is 0. The van der Waals surface area contributed by atoms with Crippen molar-refractivity contribution in [1.29, 1.82) is 0 Å². The summed E-state index contributed by atoms with van der Waals surface area (Å²) in [4.78, 5) is 39.3. The molecule has 0 aliphatic heterocycles. The van der Waals surface area contributed by atoms with Crippen molar-refractivity contribution in [3.05, 3.63) is 176 Å². The summed E-state index contributed by atoms with van der Waals surface area (Å²) in [5, 5.41) is 17.3. The van der Waals surface area contributed by atoms with E-state index in [1.54, 1.807) is 146 Å². The fourth-order valence-corrected chi connectivity index (χ4v) is 4.95. The Labute approximate surface area is 307 Å². The molecule has 0 unspecified atom stereocenters. The smallest absolute Gasteiger partial charge is 0.193 e. The monoisotopic (exact) mass is 736 g/mol. The van der Waals surface area contributed by atoms with Crippen LogP contribution in [0.4, 0.5) is 0 Å². The van der Waals surface area contributed by atoms with Crippen LogP contribution in [-0.4, -0.2) is 29.8 Å². The molecule has 0 spiro atoms. The van der Waals surface area contributed by atoms with Crippen LogP contribution in [0, 0.1) is 0 Å². The Balaban J connectivity index is 0.000000810. The van der Waals surface area contributed by atoms with E-state index in [1.807, 2.05) is 0 Å². The SMILES string of the molecule is CO.CO.ClCCl.O=c1c2ccc(cc2)oc2ccc(cc2)c(=O)c2ccc(cc2)oc2ccc(cc2)c(=O)c2ccc(cc2)oc2ccc1cc2. The normalized spacial score (nSPS) is 10.0. The highest BCUT2D eigenvalue weighted by Crippen LogP contribution is 2.13. The van der Waals surface area contributed by atoms with E-state index in [0.717, 1.165) is 14.2 Å². The lowest BCUT2D eigenvalue weighted by Gasteiger charge is -1.95. The van der Waals surface area contributed by atoms with Gasteiger partial charge in [-0.05, 0) is 146 Å². The molecule has 0 amide bonds. The van der Waals surface area contributed by atoms with Gasteiger partial charge in [0.05, 0.1) is 5.34 Å². The highest BCUT2D eigenvalue weighted by atomic mass is 35.5. The number of hydrogen-bond acceptors (Lipinski definition) is 8. The van der Waals surface area contributed by atoms with E-state index in [1.165, 1.54) is 0 Å². The molecule has 10 heteroatoms. The summed E-state index contributed by atoms with van der Waals surface area (Å²) in [6.07, 6.45) is 0. The maximum Gasteiger partial charge on any atom is 0.193 e. The number of benzene rings is 6. The minimum Gasteiger partial charge on any atom is -0.457 e. The Bertz CT molecular complexity index is 2130. The van der Waals surface area contributed by atoms with Crippen molar-refractivity contribution in [3.63, 3.8) is 0 Å². The van der Waals surface area contributed by atoms with E-state index in [2.05, 4.69) is 0 Å². The molecule has 2 N–H and O–H groups in total. The molecule has 6 aromatic carbocycles. The van der Waals surface area contributed by atoms with Crippen molar-refractivity contribution in [1.82, 2.24) is 0 Å². The fourth-order valence-electron chi connectivity index (χ4n) is 4.95. The van der Waals surface area contributed by atoms with Gasteiger partial charge in [-0.1, -0.05) is 0 Å². The Morgan fingerprint density at radius 2 is 0.442 bits per heavy atom. The van der Waals surface area contributed by atoms with Crippen LogP contribution in [0.3, 0.4) is 0 Å². The molecular weight excluding hydrogens is 703 g/mol. The average Bonchev–Trinajstić information content (AvgIpc) is 3.20. The number of rotatable bonds is 0. The highest BCUT2D eigenvalue weighted by Gasteiger charge is 1.99. The first-order valence-electron chi connectivity index (χ1n) is 15.7. The summed E-state index contributed by atoms with van der Waals surface area (Å²) >= 11 is 9.53. The Morgan fingerprint density at radius 3 is 0.558 bits per heavy atom. The van der Waals surface area contributed by atoms with Crippen molar-refractivity contribution in [2.45, 2.75) is 0 Å². The van der Waals surface area contributed by atoms with Crippen molar-refractivity contribution in [3.8, 4) is 0 Å². The predicted molar refractivity (Wildman–Crippen MR) is 213 cm³/mol. The van der Waals surface area contributed by atoms with Gasteiger partial charge in [-0.15, -0.1) is 23.2 Å². The van der Waals surface area contributed by atoms with Crippen LogP contribution in [0.1, 0.15) is 0 Å². The maximum atomic E-state index is 13.1. The van der Waals surface area contributed by atoms with Crippen LogP contribution in [0.15, 0.2) is 173 Å². The van der Waals surface area contributed by atoms with Gasteiger partial charge in [0.25, 0.3) is 0 Å². The van der Waals surface area contributed by atoms with Crippen molar-refractivity contribution in [2.75, 3.05) is 19.6 Å². The Kier molecular flexibility index (Phi) is 14.7. The number of hydrogen-bond donors (Lipinski definition) is 2. The van der Waals surface area contributed by atoms with Crippen LogP contribution < -0.4 is 16.3 Å². The van der Waals surface area contributed by atoms with Gasteiger partial charge < -0.3 is 23.5 Å². The lowest BCUT2D eigenvalue weighted by atomic mass is 10.2. The molecule has 0 saturated carbocycles. The van der Waals surface area contributed by atoms with Crippen LogP contribution in [0.25, 0.3) is 65.8 Å². The van der Waals surface area contributed by atoms with Gasteiger partial charge >= 0.3 is 0 Å². The molecule has 12 bridgehead atoms. The number of aliphatic hydroxyl groups is 2. The zero-order valence-electron chi connectivity index (χ0n) is 28.2. The third kappa shape index (κ3) is 10.2. The van der Waals surface area contributed by atoms with Crippen LogP contribution in [0.5, 0.6) is 0 Å². The van der Waals surface area contributed by atoms with E-state index in [-0.39, 0.29) is 21.6 Å². The summed E-state index contributed by atoms with van der Waals surface area (Å²) < 4.78 is 17.8. The van der Waals surface area contributed by atoms with Crippen molar-refractivity contribution >= 4 is 89.0 Å². The first-order valence-corrected chi connectivity index (χ1v) is 16.8. The summed E-state index contributed by atoms with van der Waals surface area (Å²) in [6.45, 7) is 0. The molecule has 16 rings (SSSR count). The molecule has 264 valence electrons. The van der Waals surface area contributed by atoms with Gasteiger partial charge in [0, 0.05) is 46.5 Å². The fraction of sp³-hybridized carbons (Fsp3) is 0.0714. The third-order valence-electron chi connectivity index (χ3n) is 7.41. The van der Waals surface area contributed by atoms with Gasteiger partial charge in [0.2, 0.25) is 0 Å². The van der Waals surface area contributed by atoms with E-state index in [9.17, 15) is 14.4 Å². The topological polar surface area (TPSA) is 131 Å².